The highest BCUT2D eigenvalue weighted by molar-refractivity contribution is 5.94. The molecule has 1 aromatic heterocycles. The van der Waals surface area contributed by atoms with Gasteiger partial charge in [0.05, 0.1) is 36.9 Å². The molecule has 0 bridgehead atoms. The molecule has 2 aromatic carbocycles. The number of carbonyl (C=O) groups excluding carboxylic acids is 1. The van der Waals surface area contributed by atoms with E-state index < -0.39 is 0 Å². The van der Waals surface area contributed by atoms with Crippen molar-refractivity contribution < 1.29 is 14.3 Å². The number of anilines is 2. The SMILES string of the molecule is CCOc1ccccc1Nc1cncc(C(=O)NCCc2ccccc2OC)c1. The summed E-state index contributed by atoms with van der Waals surface area (Å²) >= 11 is 0. The largest absolute Gasteiger partial charge is 0.496 e. The molecule has 0 saturated carbocycles. The lowest BCUT2D eigenvalue weighted by Crippen LogP contribution is -2.26. The van der Waals surface area contributed by atoms with Gasteiger partial charge in [-0.05, 0) is 43.2 Å². The molecule has 150 valence electrons. The third-order valence-corrected chi connectivity index (χ3v) is 4.34. The molecule has 0 aliphatic rings. The summed E-state index contributed by atoms with van der Waals surface area (Å²) in [6, 6.07) is 17.2. The number of amides is 1. The molecule has 0 fully saturated rings. The molecule has 0 aliphatic heterocycles. The summed E-state index contributed by atoms with van der Waals surface area (Å²) in [7, 11) is 1.64. The van der Waals surface area contributed by atoms with Crippen molar-refractivity contribution in [2.75, 3.05) is 25.6 Å². The Labute approximate surface area is 170 Å². The van der Waals surface area contributed by atoms with Gasteiger partial charge < -0.3 is 20.1 Å². The maximum atomic E-state index is 12.5. The van der Waals surface area contributed by atoms with Crippen molar-refractivity contribution in [2.45, 2.75) is 13.3 Å². The van der Waals surface area contributed by atoms with Gasteiger partial charge in [-0.1, -0.05) is 30.3 Å². The summed E-state index contributed by atoms with van der Waals surface area (Å²) in [5, 5.41) is 6.20. The molecule has 29 heavy (non-hydrogen) atoms. The van der Waals surface area contributed by atoms with E-state index in [0.717, 1.165) is 28.4 Å². The number of nitrogens with zero attached hydrogens (tertiary/aromatic N) is 1. The fourth-order valence-corrected chi connectivity index (χ4v) is 2.96. The Balaban J connectivity index is 1.62. The van der Waals surface area contributed by atoms with E-state index in [9.17, 15) is 4.79 Å². The fourth-order valence-electron chi connectivity index (χ4n) is 2.96. The topological polar surface area (TPSA) is 72.5 Å². The van der Waals surface area contributed by atoms with Crippen LogP contribution < -0.4 is 20.1 Å². The highest BCUT2D eigenvalue weighted by Crippen LogP contribution is 2.27. The lowest BCUT2D eigenvalue weighted by atomic mass is 10.1. The second kappa shape index (κ2) is 10.1. The predicted molar refractivity (Wildman–Crippen MR) is 114 cm³/mol. The zero-order valence-corrected chi connectivity index (χ0v) is 16.6. The van der Waals surface area contributed by atoms with E-state index in [4.69, 9.17) is 9.47 Å². The van der Waals surface area contributed by atoms with Gasteiger partial charge in [0.25, 0.3) is 5.91 Å². The Morgan fingerprint density at radius 2 is 1.79 bits per heavy atom. The second-order valence-corrected chi connectivity index (χ2v) is 6.33. The number of rotatable bonds is 9. The first-order chi connectivity index (χ1) is 14.2. The lowest BCUT2D eigenvalue weighted by molar-refractivity contribution is 0.0953. The van der Waals surface area contributed by atoms with Crippen LogP contribution in [0.25, 0.3) is 0 Å². The predicted octanol–water partition coefficient (Wildman–Crippen LogP) is 4.21. The number of nitrogens with one attached hydrogen (secondary N) is 2. The van der Waals surface area contributed by atoms with Gasteiger partial charge in [0.2, 0.25) is 0 Å². The van der Waals surface area contributed by atoms with E-state index in [0.29, 0.717) is 25.1 Å². The summed E-state index contributed by atoms with van der Waals surface area (Å²) < 4.78 is 11.0. The summed E-state index contributed by atoms with van der Waals surface area (Å²) in [6.45, 7) is 3.02. The molecular weight excluding hydrogens is 366 g/mol. The minimum atomic E-state index is -0.172. The Morgan fingerprint density at radius 3 is 2.59 bits per heavy atom. The monoisotopic (exact) mass is 391 g/mol. The number of carbonyl (C=O) groups is 1. The lowest BCUT2D eigenvalue weighted by Gasteiger charge is -2.13. The van der Waals surface area contributed by atoms with Crippen molar-refractivity contribution in [1.82, 2.24) is 10.3 Å². The molecular formula is C23H25N3O3. The average Bonchev–Trinajstić information content (AvgIpc) is 2.76. The molecule has 0 aliphatic carbocycles. The normalized spacial score (nSPS) is 10.3. The Morgan fingerprint density at radius 1 is 1.03 bits per heavy atom. The average molecular weight is 391 g/mol. The molecule has 1 heterocycles. The summed E-state index contributed by atoms with van der Waals surface area (Å²) in [6.07, 6.45) is 3.91. The molecule has 1 amide bonds. The van der Waals surface area contributed by atoms with Gasteiger partial charge in [-0.25, -0.2) is 0 Å². The van der Waals surface area contributed by atoms with Crippen LogP contribution in [0.1, 0.15) is 22.8 Å². The third kappa shape index (κ3) is 5.48. The summed E-state index contributed by atoms with van der Waals surface area (Å²) in [5.41, 5.74) is 3.08. The molecule has 3 rings (SSSR count). The van der Waals surface area contributed by atoms with E-state index in [1.54, 1.807) is 25.6 Å². The van der Waals surface area contributed by atoms with Gasteiger partial charge >= 0.3 is 0 Å². The highest BCUT2D eigenvalue weighted by atomic mass is 16.5. The number of ether oxygens (including phenoxy) is 2. The summed E-state index contributed by atoms with van der Waals surface area (Å²) in [5.74, 6) is 1.40. The number of hydrogen-bond acceptors (Lipinski definition) is 5. The van der Waals surface area contributed by atoms with Gasteiger partial charge in [0.15, 0.2) is 0 Å². The number of aromatic nitrogens is 1. The van der Waals surface area contributed by atoms with E-state index in [-0.39, 0.29) is 5.91 Å². The maximum Gasteiger partial charge on any atom is 0.252 e. The highest BCUT2D eigenvalue weighted by Gasteiger charge is 2.09. The summed E-state index contributed by atoms with van der Waals surface area (Å²) in [4.78, 5) is 16.7. The van der Waals surface area contributed by atoms with E-state index in [1.165, 1.54) is 0 Å². The fraction of sp³-hybridized carbons (Fsp3) is 0.217. The third-order valence-electron chi connectivity index (χ3n) is 4.34. The molecule has 3 aromatic rings. The molecule has 0 saturated heterocycles. The Bertz CT molecular complexity index is 959. The van der Waals surface area contributed by atoms with Crippen molar-refractivity contribution >= 4 is 17.3 Å². The van der Waals surface area contributed by atoms with Crippen molar-refractivity contribution in [2.24, 2.45) is 0 Å². The number of benzene rings is 2. The van der Waals surface area contributed by atoms with Crippen LogP contribution in [-0.4, -0.2) is 31.2 Å². The van der Waals surface area contributed by atoms with Crippen LogP contribution in [-0.2, 0) is 6.42 Å². The molecule has 0 atom stereocenters. The van der Waals surface area contributed by atoms with Gasteiger partial charge in [-0.2, -0.15) is 0 Å². The number of pyridine rings is 1. The zero-order valence-electron chi connectivity index (χ0n) is 16.6. The van der Waals surface area contributed by atoms with Crippen LogP contribution in [0, 0.1) is 0 Å². The van der Waals surface area contributed by atoms with Crippen LogP contribution in [0.3, 0.4) is 0 Å². The molecule has 0 unspecified atom stereocenters. The van der Waals surface area contributed by atoms with Crippen LogP contribution >= 0.6 is 0 Å². The minimum Gasteiger partial charge on any atom is -0.496 e. The van der Waals surface area contributed by atoms with Gasteiger partial charge in [-0.15, -0.1) is 0 Å². The molecule has 0 radical (unpaired) electrons. The maximum absolute atomic E-state index is 12.5. The zero-order chi connectivity index (χ0) is 20.5. The van der Waals surface area contributed by atoms with Crippen molar-refractivity contribution in [3.63, 3.8) is 0 Å². The molecule has 2 N–H and O–H groups in total. The quantitative estimate of drug-likeness (QED) is 0.572. The minimum absolute atomic E-state index is 0.172. The van der Waals surface area contributed by atoms with Gasteiger partial charge in [0, 0.05) is 12.7 Å². The van der Waals surface area contributed by atoms with Crippen LogP contribution in [0.15, 0.2) is 67.0 Å². The first-order valence-corrected chi connectivity index (χ1v) is 9.55. The number of para-hydroxylation sites is 3. The Hall–Kier alpha value is -3.54. The Kier molecular flexibility index (Phi) is 7.05. The van der Waals surface area contributed by atoms with E-state index in [2.05, 4.69) is 15.6 Å². The molecule has 6 heteroatoms. The second-order valence-electron chi connectivity index (χ2n) is 6.33. The van der Waals surface area contributed by atoms with Crippen LogP contribution in [0.5, 0.6) is 11.5 Å². The van der Waals surface area contributed by atoms with Crippen LogP contribution in [0.2, 0.25) is 0 Å². The first-order valence-electron chi connectivity index (χ1n) is 9.55. The van der Waals surface area contributed by atoms with Crippen molar-refractivity contribution in [3.8, 4) is 11.5 Å². The van der Waals surface area contributed by atoms with Gasteiger partial charge in [-0.3, -0.25) is 9.78 Å². The van der Waals surface area contributed by atoms with Gasteiger partial charge in [0.1, 0.15) is 11.5 Å². The van der Waals surface area contributed by atoms with Crippen LogP contribution in [0.4, 0.5) is 11.4 Å². The van der Waals surface area contributed by atoms with E-state index >= 15 is 0 Å². The number of hydrogen-bond donors (Lipinski definition) is 2. The molecule has 0 spiro atoms. The van der Waals surface area contributed by atoms with E-state index in [1.807, 2.05) is 55.5 Å². The van der Waals surface area contributed by atoms with Crippen molar-refractivity contribution in [3.05, 3.63) is 78.1 Å². The standard InChI is InChI=1S/C23H25N3O3/c1-3-29-22-11-7-5-9-20(22)26-19-14-18(15-24-16-19)23(27)25-13-12-17-8-4-6-10-21(17)28-2/h4-11,14-16,26H,3,12-13H2,1-2H3,(H,25,27). The number of methoxy groups -OCH3 is 1. The van der Waals surface area contributed by atoms with Crippen molar-refractivity contribution in [1.29, 1.82) is 0 Å². The molecule has 6 nitrogen and oxygen atoms in total. The first kappa shape index (κ1) is 20.2. The smallest absolute Gasteiger partial charge is 0.252 e.